The summed E-state index contributed by atoms with van der Waals surface area (Å²) in [7, 11) is 1.60. The molecular weight excluding hydrogens is 562 g/mol. The molecule has 6 rings (SSSR count). The van der Waals surface area contributed by atoms with Crippen molar-refractivity contribution in [2.24, 2.45) is 4.99 Å². The maximum absolute atomic E-state index is 14.8. The second-order valence-corrected chi connectivity index (χ2v) is 11.2. The third-order valence-corrected chi connectivity index (χ3v) is 8.32. The molecule has 0 aromatic heterocycles. The summed E-state index contributed by atoms with van der Waals surface area (Å²) in [5.41, 5.74) is 2.04. The van der Waals surface area contributed by atoms with Gasteiger partial charge in [0, 0.05) is 44.6 Å². The van der Waals surface area contributed by atoms with Crippen LogP contribution in [0.15, 0.2) is 77.8 Å². The number of rotatable bonds is 9. The number of methoxy groups -OCH3 is 1. The molecule has 0 unspecified atom stereocenters. The zero-order valence-electron chi connectivity index (χ0n) is 24.8. The van der Waals surface area contributed by atoms with Gasteiger partial charge in [0.05, 0.1) is 26.9 Å². The molecule has 3 aliphatic rings. The molecule has 3 aromatic rings. The third-order valence-electron chi connectivity index (χ3n) is 8.32. The molecule has 2 atom stereocenters. The van der Waals surface area contributed by atoms with Gasteiger partial charge < -0.3 is 33.9 Å². The number of hydrogen-bond donors (Lipinski definition) is 1. The number of hydrogen-bond acceptors (Lipinski definition) is 8. The lowest BCUT2D eigenvalue weighted by molar-refractivity contribution is -0.147. The monoisotopic (exact) mass is 599 g/mol. The summed E-state index contributed by atoms with van der Waals surface area (Å²) in [4.78, 5) is 36.8. The largest absolute Gasteiger partial charge is 0.497 e. The molecule has 1 fully saturated rings. The maximum Gasteiger partial charge on any atom is 0.256 e. The Hall–Kier alpha value is -4.41. The average molecular weight is 600 g/mol. The van der Waals surface area contributed by atoms with Crippen LogP contribution in [0.1, 0.15) is 34.8 Å². The topological polar surface area (TPSA) is 110 Å². The first kappa shape index (κ1) is 29.7. The molecule has 2 amide bonds. The van der Waals surface area contributed by atoms with Crippen LogP contribution in [0.25, 0.3) is 0 Å². The smallest absolute Gasteiger partial charge is 0.256 e. The molecular formula is C34H37N3O7. The van der Waals surface area contributed by atoms with Crippen molar-refractivity contribution in [1.82, 2.24) is 9.80 Å². The molecule has 10 nitrogen and oxygen atoms in total. The van der Waals surface area contributed by atoms with E-state index in [1.807, 2.05) is 72.8 Å². The van der Waals surface area contributed by atoms with Crippen LogP contribution in [0.2, 0.25) is 0 Å². The number of fused-ring (bicyclic) bond motifs is 1. The minimum atomic E-state index is -1.37. The molecule has 1 N–H and O–H groups in total. The Balaban J connectivity index is 1.41. The van der Waals surface area contributed by atoms with E-state index in [2.05, 4.69) is 0 Å². The van der Waals surface area contributed by atoms with E-state index < -0.39 is 11.6 Å². The van der Waals surface area contributed by atoms with Gasteiger partial charge in [-0.05, 0) is 53.1 Å². The summed E-state index contributed by atoms with van der Waals surface area (Å²) in [5.74, 6) is 1.26. The van der Waals surface area contributed by atoms with E-state index in [1.165, 1.54) is 0 Å². The van der Waals surface area contributed by atoms with Gasteiger partial charge in [-0.2, -0.15) is 0 Å². The summed E-state index contributed by atoms with van der Waals surface area (Å²) in [6.45, 7) is 2.66. The third kappa shape index (κ3) is 6.00. The van der Waals surface area contributed by atoms with Crippen LogP contribution in [0, 0.1) is 0 Å². The van der Waals surface area contributed by atoms with E-state index in [1.54, 1.807) is 16.9 Å². The molecule has 44 heavy (non-hydrogen) atoms. The van der Waals surface area contributed by atoms with E-state index in [9.17, 15) is 9.59 Å². The molecule has 3 heterocycles. The Kier molecular flexibility index (Phi) is 8.81. The van der Waals surface area contributed by atoms with Gasteiger partial charge >= 0.3 is 0 Å². The lowest BCUT2D eigenvalue weighted by Gasteiger charge is -2.34. The number of nitrogens with zero attached hydrogens (tertiary/aromatic N) is 3. The van der Waals surface area contributed by atoms with Crippen molar-refractivity contribution >= 4 is 17.7 Å². The summed E-state index contributed by atoms with van der Waals surface area (Å²) in [6, 6.07) is 22.8. The Morgan fingerprint density at radius 2 is 1.80 bits per heavy atom. The number of benzene rings is 3. The quantitative estimate of drug-likeness (QED) is 0.377. The van der Waals surface area contributed by atoms with Gasteiger partial charge in [0.1, 0.15) is 18.0 Å². The van der Waals surface area contributed by atoms with E-state index in [0.29, 0.717) is 75.3 Å². The van der Waals surface area contributed by atoms with Crippen molar-refractivity contribution in [1.29, 1.82) is 0 Å². The van der Waals surface area contributed by atoms with Gasteiger partial charge in [0.2, 0.25) is 11.8 Å². The highest BCUT2D eigenvalue weighted by atomic mass is 16.5. The maximum atomic E-state index is 14.8. The van der Waals surface area contributed by atoms with Crippen molar-refractivity contribution in [3.63, 3.8) is 0 Å². The highest BCUT2D eigenvalue weighted by Gasteiger charge is 2.56. The van der Waals surface area contributed by atoms with Gasteiger partial charge in [-0.1, -0.05) is 36.4 Å². The zero-order valence-corrected chi connectivity index (χ0v) is 24.8. The number of aliphatic hydroxyl groups is 1. The number of amides is 2. The standard InChI is InChI=1S/C34H37N3O7/c1-41-29-9-4-8-25(20-29)31-34(35-32(44-31)24-10-12-28(13-11-24)43-17-5-16-38)21-26-6-2-3-7-27(26)22-37(33(34)40)23-30(39)36-14-18-42-19-15-36/h2-4,6-13,20,31,38H,5,14-19,21-23H2,1H3/t31-,34-/m0/s1. The highest BCUT2D eigenvalue weighted by Crippen LogP contribution is 2.46. The lowest BCUT2D eigenvalue weighted by atomic mass is 9.81. The van der Waals surface area contributed by atoms with Crippen molar-refractivity contribution in [3.8, 4) is 11.5 Å². The second-order valence-electron chi connectivity index (χ2n) is 11.2. The highest BCUT2D eigenvalue weighted by molar-refractivity contribution is 6.02. The summed E-state index contributed by atoms with van der Waals surface area (Å²) in [6.07, 6.45) is 0.0711. The SMILES string of the molecule is COc1cccc([C@@H]2OC(c3ccc(OCCCO)cc3)=N[C@@]23Cc2ccccc2CN(CC(=O)N2CCOCC2)C3=O)c1. The molecule has 0 aliphatic carbocycles. The van der Waals surface area contributed by atoms with Crippen LogP contribution in [0.4, 0.5) is 0 Å². The molecule has 0 saturated carbocycles. The van der Waals surface area contributed by atoms with Gasteiger partial charge in [-0.25, -0.2) is 4.99 Å². The Bertz CT molecular complexity index is 1520. The van der Waals surface area contributed by atoms with Crippen LogP contribution < -0.4 is 9.47 Å². The fourth-order valence-corrected chi connectivity index (χ4v) is 6.00. The van der Waals surface area contributed by atoms with E-state index in [0.717, 1.165) is 16.7 Å². The fourth-order valence-electron chi connectivity index (χ4n) is 6.00. The van der Waals surface area contributed by atoms with Crippen molar-refractivity contribution in [2.75, 3.05) is 53.2 Å². The summed E-state index contributed by atoms with van der Waals surface area (Å²) < 4.78 is 23.3. The molecule has 0 bridgehead atoms. The predicted octanol–water partition coefficient (Wildman–Crippen LogP) is 3.16. The first-order valence-corrected chi connectivity index (χ1v) is 15.0. The Labute approximate surface area is 256 Å². The van der Waals surface area contributed by atoms with Crippen LogP contribution in [-0.2, 0) is 32.0 Å². The second kappa shape index (κ2) is 13.1. The van der Waals surface area contributed by atoms with Crippen LogP contribution >= 0.6 is 0 Å². The van der Waals surface area contributed by atoms with E-state index in [-0.39, 0.29) is 25.0 Å². The van der Waals surface area contributed by atoms with Gasteiger partial charge in [0.25, 0.3) is 5.91 Å². The predicted molar refractivity (Wildman–Crippen MR) is 163 cm³/mol. The molecule has 10 heteroatoms. The Morgan fingerprint density at radius 1 is 1.02 bits per heavy atom. The molecule has 3 aromatic carbocycles. The molecule has 230 valence electrons. The number of carbonyl (C=O) groups excluding carboxylic acids is 2. The van der Waals surface area contributed by atoms with E-state index in [4.69, 9.17) is 29.0 Å². The fraction of sp³-hybridized carbons (Fsp3) is 0.382. The molecule has 0 radical (unpaired) electrons. The minimum absolute atomic E-state index is 0.0582. The lowest BCUT2D eigenvalue weighted by Crippen LogP contribution is -2.53. The van der Waals surface area contributed by atoms with Crippen molar-refractivity contribution < 1.29 is 33.6 Å². The summed E-state index contributed by atoms with van der Waals surface area (Å²) in [5, 5.41) is 9.06. The molecule has 3 aliphatic heterocycles. The van der Waals surface area contributed by atoms with Crippen molar-refractivity contribution in [3.05, 3.63) is 95.1 Å². The number of ether oxygens (including phenoxy) is 4. The molecule has 1 saturated heterocycles. The van der Waals surface area contributed by atoms with Crippen LogP contribution in [0.5, 0.6) is 11.5 Å². The minimum Gasteiger partial charge on any atom is -0.497 e. The van der Waals surface area contributed by atoms with Gasteiger partial charge in [0.15, 0.2) is 11.6 Å². The van der Waals surface area contributed by atoms with Crippen LogP contribution in [-0.4, -0.2) is 91.3 Å². The number of aliphatic hydroxyl groups excluding tert-OH is 1. The summed E-state index contributed by atoms with van der Waals surface area (Å²) >= 11 is 0. The van der Waals surface area contributed by atoms with E-state index >= 15 is 0 Å². The first-order valence-electron chi connectivity index (χ1n) is 15.0. The Morgan fingerprint density at radius 3 is 2.55 bits per heavy atom. The first-order chi connectivity index (χ1) is 21.5. The van der Waals surface area contributed by atoms with Crippen LogP contribution in [0.3, 0.4) is 0 Å². The molecule has 1 spiro atoms. The normalized spacial score (nSPS) is 21.4. The average Bonchev–Trinajstić information content (AvgIpc) is 3.41. The van der Waals surface area contributed by atoms with Gasteiger partial charge in [-0.15, -0.1) is 0 Å². The van der Waals surface area contributed by atoms with Gasteiger partial charge in [-0.3, -0.25) is 9.59 Å². The number of carbonyl (C=O) groups is 2. The number of aliphatic imine (C=N–C) groups is 1. The zero-order chi connectivity index (χ0) is 30.5. The van der Waals surface area contributed by atoms with Crippen molar-refractivity contribution in [2.45, 2.75) is 31.0 Å². The number of morpholine rings is 1.